The number of nitrogens with one attached hydrogen (secondary N) is 2. The lowest BCUT2D eigenvalue weighted by molar-refractivity contribution is 0.0954. The Hall–Kier alpha value is -3.22. The highest BCUT2D eigenvalue weighted by molar-refractivity contribution is 5.95. The molecule has 0 spiro atoms. The van der Waals surface area contributed by atoms with E-state index in [4.69, 9.17) is 0 Å². The van der Waals surface area contributed by atoms with Gasteiger partial charge in [-0.2, -0.15) is 5.10 Å². The number of hydrogen-bond acceptors (Lipinski definition) is 5. The smallest absolute Gasteiger partial charge is 0.251 e. The maximum Gasteiger partial charge on any atom is 0.251 e. The second kappa shape index (κ2) is 7.99. The molecule has 0 aliphatic rings. The van der Waals surface area contributed by atoms with Crippen LogP contribution in [0.3, 0.4) is 0 Å². The first kappa shape index (κ1) is 18.6. The average Bonchev–Trinajstić information content (AvgIpc) is 2.99. The van der Waals surface area contributed by atoms with Crippen molar-refractivity contribution >= 4 is 11.7 Å². The molecular weight excluding hydrogens is 340 g/mol. The van der Waals surface area contributed by atoms with E-state index in [0.29, 0.717) is 30.3 Å². The monoisotopic (exact) mass is 364 g/mol. The molecule has 3 rings (SSSR count). The van der Waals surface area contributed by atoms with Gasteiger partial charge in [0.2, 0.25) is 0 Å². The first-order chi connectivity index (χ1) is 12.9. The van der Waals surface area contributed by atoms with Gasteiger partial charge in [-0.1, -0.05) is 17.7 Å². The molecule has 1 amide bonds. The first-order valence-corrected chi connectivity index (χ1v) is 8.91. The molecule has 0 saturated heterocycles. The van der Waals surface area contributed by atoms with Crippen molar-refractivity contribution in [2.75, 3.05) is 18.4 Å². The minimum absolute atomic E-state index is 0.0658. The molecule has 1 aromatic carbocycles. The SMILES string of the molecule is Cc1ccc(C)c(C(=O)NCCNc2ccc(-n3nc(C)cc3C)nn2)c1. The topological polar surface area (TPSA) is 84.7 Å². The number of carbonyl (C=O) groups excluding carboxylic acids is 1. The van der Waals surface area contributed by atoms with Crippen LogP contribution in [0.5, 0.6) is 0 Å². The third kappa shape index (κ3) is 4.49. The third-order valence-electron chi connectivity index (χ3n) is 4.23. The van der Waals surface area contributed by atoms with Gasteiger partial charge < -0.3 is 10.6 Å². The summed E-state index contributed by atoms with van der Waals surface area (Å²) in [6.45, 7) is 8.89. The normalized spacial score (nSPS) is 10.7. The van der Waals surface area contributed by atoms with E-state index in [0.717, 1.165) is 22.5 Å². The van der Waals surface area contributed by atoms with Crippen LogP contribution in [0.1, 0.15) is 32.9 Å². The number of anilines is 1. The number of aryl methyl sites for hydroxylation is 4. The lowest BCUT2D eigenvalue weighted by Crippen LogP contribution is -2.29. The lowest BCUT2D eigenvalue weighted by atomic mass is 10.1. The Balaban J connectivity index is 1.51. The summed E-state index contributed by atoms with van der Waals surface area (Å²) in [7, 11) is 0. The van der Waals surface area contributed by atoms with E-state index in [9.17, 15) is 4.79 Å². The third-order valence-corrected chi connectivity index (χ3v) is 4.23. The summed E-state index contributed by atoms with van der Waals surface area (Å²) in [4.78, 5) is 12.3. The van der Waals surface area contributed by atoms with Crippen molar-refractivity contribution < 1.29 is 4.79 Å². The Morgan fingerprint density at radius 1 is 1.00 bits per heavy atom. The van der Waals surface area contributed by atoms with Gasteiger partial charge in [0, 0.05) is 24.3 Å². The van der Waals surface area contributed by atoms with E-state index in [-0.39, 0.29) is 5.91 Å². The van der Waals surface area contributed by atoms with Gasteiger partial charge >= 0.3 is 0 Å². The number of benzene rings is 1. The highest BCUT2D eigenvalue weighted by Crippen LogP contribution is 2.11. The zero-order valence-corrected chi connectivity index (χ0v) is 16.1. The second-order valence-electron chi connectivity index (χ2n) is 6.62. The van der Waals surface area contributed by atoms with Crippen LogP contribution in [0.4, 0.5) is 5.82 Å². The summed E-state index contributed by atoms with van der Waals surface area (Å²) in [5.41, 5.74) is 4.70. The molecule has 2 N–H and O–H groups in total. The molecule has 0 unspecified atom stereocenters. The quantitative estimate of drug-likeness (QED) is 0.657. The number of amides is 1. The molecule has 0 fully saturated rings. The summed E-state index contributed by atoms with van der Waals surface area (Å²) in [5, 5.41) is 18.8. The van der Waals surface area contributed by atoms with Crippen LogP contribution in [-0.4, -0.2) is 39.0 Å². The standard InChI is InChI=1S/C20H24N6O/c1-13-5-6-14(2)17(11-13)20(27)22-10-9-21-18-7-8-19(24-23-18)26-16(4)12-15(3)25-26/h5-8,11-12H,9-10H2,1-4H3,(H,21,23)(H,22,27). The molecule has 3 aromatic rings. The zero-order valence-electron chi connectivity index (χ0n) is 16.1. The molecule has 2 heterocycles. The molecule has 0 saturated carbocycles. The summed E-state index contributed by atoms with van der Waals surface area (Å²) < 4.78 is 1.76. The van der Waals surface area contributed by atoms with Crippen molar-refractivity contribution in [1.29, 1.82) is 0 Å². The molecule has 7 heteroatoms. The van der Waals surface area contributed by atoms with E-state index >= 15 is 0 Å². The van der Waals surface area contributed by atoms with E-state index in [1.165, 1.54) is 0 Å². The van der Waals surface area contributed by atoms with Crippen molar-refractivity contribution in [3.05, 3.63) is 64.5 Å². The van der Waals surface area contributed by atoms with E-state index < -0.39 is 0 Å². The molecule has 27 heavy (non-hydrogen) atoms. The van der Waals surface area contributed by atoms with Crippen LogP contribution in [0.2, 0.25) is 0 Å². The molecule has 0 radical (unpaired) electrons. The van der Waals surface area contributed by atoms with Crippen LogP contribution in [0.25, 0.3) is 5.82 Å². The zero-order chi connectivity index (χ0) is 19.4. The summed E-state index contributed by atoms with van der Waals surface area (Å²) >= 11 is 0. The van der Waals surface area contributed by atoms with Crippen molar-refractivity contribution in [3.8, 4) is 5.82 Å². The highest BCUT2D eigenvalue weighted by atomic mass is 16.1. The largest absolute Gasteiger partial charge is 0.367 e. The Morgan fingerprint density at radius 3 is 2.48 bits per heavy atom. The number of rotatable bonds is 6. The van der Waals surface area contributed by atoms with E-state index in [1.54, 1.807) is 4.68 Å². The molecule has 7 nitrogen and oxygen atoms in total. The molecule has 0 atom stereocenters. The maximum absolute atomic E-state index is 12.3. The lowest BCUT2D eigenvalue weighted by Gasteiger charge is -2.10. The Morgan fingerprint density at radius 2 is 1.81 bits per heavy atom. The molecule has 2 aromatic heterocycles. The number of hydrogen-bond donors (Lipinski definition) is 2. The van der Waals surface area contributed by atoms with Gasteiger partial charge in [0.25, 0.3) is 5.91 Å². The Labute approximate surface area is 158 Å². The predicted octanol–water partition coefficient (Wildman–Crippen LogP) is 2.74. The van der Waals surface area contributed by atoms with Gasteiger partial charge in [0.15, 0.2) is 5.82 Å². The maximum atomic E-state index is 12.3. The Kier molecular flexibility index (Phi) is 5.49. The number of nitrogens with zero attached hydrogens (tertiary/aromatic N) is 4. The molecule has 0 aliphatic carbocycles. The van der Waals surface area contributed by atoms with Gasteiger partial charge in [-0.3, -0.25) is 4.79 Å². The summed E-state index contributed by atoms with van der Waals surface area (Å²) in [5.74, 6) is 1.26. The fraction of sp³-hybridized carbons (Fsp3) is 0.300. The number of carbonyl (C=O) groups is 1. The minimum atomic E-state index is -0.0658. The second-order valence-corrected chi connectivity index (χ2v) is 6.62. The predicted molar refractivity (Wildman–Crippen MR) is 105 cm³/mol. The van der Waals surface area contributed by atoms with E-state index in [1.807, 2.05) is 64.1 Å². The average molecular weight is 364 g/mol. The van der Waals surface area contributed by atoms with Crippen molar-refractivity contribution in [1.82, 2.24) is 25.3 Å². The van der Waals surface area contributed by atoms with Gasteiger partial charge in [0.05, 0.1) is 5.69 Å². The minimum Gasteiger partial charge on any atom is -0.367 e. The fourth-order valence-electron chi connectivity index (χ4n) is 2.84. The van der Waals surface area contributed by atoms with Gasteiger partial charge in [-0.05, 0) is 57.5 Å². The summed E-state index contributed by atoms with van der Waals surface area (Å²) in [6.07, 6.45) is 0. The molecule has 0 aliphatic heterocycles. The van der Waals surface area contributed by atoms with Crippen molar-refractivity contribution in [2.24, 2.45) is 0 Å². The summed E-state index contributed by atoms with van der Waals surface area (Å²) in [6, 6.07) is 11.6. The molecule has 0 bridgehead atoms. The highest BCUT2D eigenvalue weighted by Gasteiger charge is 2.09. The number of aromatic nitrogens is 4. The van der Waals surface area contributed by atoms with Crippen LogP contribution in [-0.2, 0) is 0 Å². The Bertz CT molecular complexity index is 946. The van der Waals surface area contributed by atoms with Crippen LogP contribution < -0.4 is 10.6 Å². The van der Waals surface area contributed by atoms with Crippen LogP contribution >= 0.6 is 0 Å². The van der Waals surface area contributed by atoms with Crippen LogP contribution in [0.15, 0.2) is 36.4 Å². The fourth-order valence-corrected chi connectivity index (χ4v) is 2.84. The van der Waals surface area contributed by atoms with Crippen LogP contribution in [0, 0.1) is 27.7 Å². The van der Waals surface area contributed by atoms with Crippen molar-refractivity contribution in [2.45, 2.75) is 27.7 Å². The first-order valence-electron chi connectivity index (χ1n) is 8.91. The molecular formula is C20H24N6O. The van der Waals surface area contributed by atoms with Gasteiger partial charge in [-0.15, -0.1) is 10.2 Å². The van der Waals surface area contributed by atoms with Gasteiger partial charge in [0.1, 0.15) is 5.82 Å². The van der Waals surface area contributed by atoms with Crippen molar-refractivity contribution in [3.63, 3.8) is 0 Å². The van der Waals surface area contributed by atoms with E-state index in [2.05, 4.69) is 25.9 Å². The van der Waals surface area contributed by atoms with Gasteiger partial charge in [-0.25, -0.2) is 4.68 Å². The molecule has 140 valence electrons.